The number of nitrogens with one attached hydrogen (secondary N) is 1. The molecule has 0 saturated carbocycles. The molecule has 0 radical (unpaired) electrons. The molecule has 110 valence electrons. The molecule has 20 heavy (non-hydrogen) atoms. The number of likely N-dealkylation sites (N-methyl/N-ethyl adjacent to an activating group) is 1. The third-order valence-corrected chi connectivity index (χ3v) is 3.87. The average Bonchev–Trinajstić information content (AvgIpc) is 2.82. The monoisotopic (exact) mass is 275 g/mol. The summed E-state index contributed by atoms with van der Waals surface area (Å²) in [4.78, 5) is 16.3. The molecule has 1 atom stereocenters. The quantitative estimate of drug-likeness (QED) is 0.823. The molecule has 0 bridgehead atoms. The second kappa shape index (κ2) is 7.29. The predicted octanol–water partition coefficient (Wildman–Crippen LogP) is 1.72. The van der Waals surface area contributed by atoms with Gasteiger partial charge >= 0.3 is 0 Å². The number of likely N-dealkylation sites (tertiary alicyclic amines) is 1. The van der Waals surface area contributed by atoms with Crippen molar-refractivity contribution in [1.82, 2.24) is 10.2 Å². The SMILES string of the molecule is CCNC1CCN(CCCN(C)c2ccccc2)C1=O. The molecule has 1 N–H and O–H groups in total. The van der Waals surface area contributed by atoms with E-state index in [0.29, 0.717) is 0 Å². The molecule has 1 aromatic carbocycles. The summed E-state index contributed by atoms with van der Waals surface area (Å²) in [6.07, 6.45) is 1.96. The number of hydrogen-bond donors (Lipinski definition) is 1. The van der Waals surface area contributed by atoms with Crippen LogP contribution in [0.3, 0.4) is 0 Å². The first-order valence-electron chi connectivity index (χ1n) is 7.50. The highest BCUT2D eigenvalue weighted by atomic mass is 16.2. The zero-order valence-electron chi connectivity index (χ0n) is 12.5. The zero-order chi connectivity index (χ0) is 14.4. The van der Waals surface area contributed by atoms with Gasteiger partial charge in [-0.15, -0.1) is 0 Å². The van der Waals surface area contributed by atoms with Gasteiger partial charge in [0, 0.05) is 32.4 Å². The van der Waals surface area contributed by atoms with Gasteiger partial charge in [-0.2, -0.15) is 0 Å². The van der Waals surface area contributed by atoms with Crippen molar-refractivity contribution in [3.63, 3.8) is 0 Å². The third-order valence-electron chi connectivity index (χ3n) is 3.87. The molecule has 4 heteroatoms. The lowest BCUT2D eigenvalue weighted by molar-refractivity contribution is -0.129. The smallest absolute Gasteiger partial charge is 0.239 e. The lowest BCUT2D eigenvalue weighted by atomic mass is 10.2. The van der Waals surface area contributed by atoms with E-state index in [1.54, 1.807) is 0 Å². The van der Waals surface area contributed by atoms with Crippen molar-refractivity contribution in [1.29, 1.82) is 0 Å². The van der Waals surface area contributed by atoms with Gasteiger partial charge in [0.2, 0.25) is 5.91 Å². The molecule has 1 aromatic rings. The molecule has 0 aromatic heterocycles. The van der Waals surface area contributed by atoms with Crippen LogP contribution in [-0.2, 0) is 4.79 Å². The minimum Gasteiger partial charge on any atom is -0.375 e. The third kappa shape index (κ3) is 3.73. The van der Waals surface area contributed by atoms with Crippen molar-refractivity contribution in [3.8, 4) is 0 Å². The standard InChI is InChI=1S/C16H25N3O/c1-3-17-15-10-13-19(16(15)20)12-7-11-18(2)14-8-5-4-6-9-14/h4-6,8-9,15,17H,3,7,10-13H2,1-2H3. The highest BCUT2D eigenvalue weighted by Gasteiger charge is 2.30. The average molecular weight is 275 g/mol. The number of hydrogen-bond acceptors (Lipinski definition) is 3. The first-order valence-corrected chi connectivity index (χ1v) is 7.50. The first kappa shape index (κ1) is 14.9. The van der Waals surface area contributed by atoms with Crippen molar-refractivity contribution < 1.29 is 4.79 Å². The summed E-state index contributed by atoms with van der Waals surface area (Å²) in [5.74, 6) is 0.272. The number of benzene rings is 1. The number of rotatable bonds is 7. The van der Waals surface area contributed by atoms with Crippen molar-refractivity contribution in [2.45, 2.75) is 25.8 Å². The maximum absolute atomic E-state index is 12.1. The Morgan fingerprint density at radius 2 is 2.10 bits per heavy atom. The van der Waals surface area contributed by atoms with E-state index in [4.69, 9.17) is 0 Å². The van der Waals surface area contributed by atoms with E-state index in [-0.39, 0.29) is 11.9 Å². The molecule has 1 saturated heterocycles. The van der Waals surface area contributed by atoms with Gasteiger partial charge in [-0.05, 0) is 31.5 Å². The van der Waals surface area contributed by atoms with Gasteiger partial charge in [-0.3, -0.25) is 4.79 Å². The van der Waals surface area contributed by atoms with E-state index in [1.165, 1.54) is 5.69 Å². The Morgan fingerprint density at radius 3 is 2.80 bits per heavy atom. The largest absolute Gasteiger partial charge is 0.375 e. The molecule has 1 fully saturated rings. The summed E-state index contributed by atoms with van der Waals surface area (Å²) in [5.41, 5.74) is 1.23. The van der Waals surface area contributed by atoms with Crippen LogP contribution in [0.1, 0.15) is 19.8 Å². The number of nitrogens with zero attached hydrogens (tertiary/aromatic N) is 2. The second-order valence-corrected chi connectivity index (χ2v) is 5.33. The van der Waals surface area contributed by atoms with E-state index in [1.807, 2.05) is 17.9 Å². The summed E-state index contributed by atoms with van der Waals surface area (Å²) in [5, 5.41) is 3.25. The number of carbonyl (C=O) groups excluding carboxylic acids is 1. The topological polar surface area (TPSA) is 35.6 Å². The number of anilines is 1. The minimum atomic E-state index is 0.0480. The summed E-state index contributed by atoms with van der Waals surface area (Å²) in [7, 11) is 2.10. The molecule has 4 nitrogen and oxygen atoms in total. The number of carbonyl (C=O) groups is 1. The highest BCUT2D eigenvalue weighted by Crippen LogP contribution is 2.14. The molecular formula is C16H25N3O. The normalized spacial score (nSPS) is 18.6. The van der Waals surface area contributed by atoms with Crippen LogP contribution in [-0.4, -0.2) is 50.1 Å². The van der Waals surface area contributed by atoms with Crippen molar-refractivity contribution in [3.05, 3.63) is 30.3 Å². The van der Waals surface area contributed by atoms with Gasteiger partial charge in [-0.25, -0.2) is 0 Å². The summed E-state index contributed by atoms with van der Waals surface area (Å²) >= 11 is 0. The van der Waals surface area contributed by atoms with Gasteiger partial charge in [0.1, 0.15) is 0 Å². The Hall–Kier alpha value is -1.55. The van der Waals surface area contributed by atoms with Crippen LogP contribution in [0, 0.1) is 0 Å². The molecule has 1 unspecified atom stereocenters. The Labute approximate surface area is 121 Å². The van der Waals surface area contributed by atoms with Crippen molar-refractivity contribution in [2.75, 3.05) is 38.1 Å². The van der Waals surface area contributed by atoms with Crippen LogP contribution < -0.4 is 10.2 Å². The molecule has 1 amide bonds. The first-order chi connectivity index (χ1) is 9.72. The lowest BCUT2D eigenvalue weighted by Crippen LogP contribution is -2.39. The molecule has 1 heterocycles. The van der Waals surface area contributed by atoms with Crippen LogP contribution in [0.4, 0.5) is 5.69 Å². The van der Waals surface area contributed by atoms with Crippen LogP contribution in [0.5, 0.6) is 0 Å². The number of para-hydroxylation sites is 1. The second-order valence-electron chi connectivity index (χ2n) is 5.33. The van der Waals surface area contributed by atoms with E-state index in [9.17, 15) is 4.79 Å². The van der Waals surface area contributed by atoms with Crippen molar-refractivity contribution in [2.24, 2.45) is 0 Å². The Kier molecular flexibility index (Phi) is 5.41. The van der Waals surface area contributed by atoms with Gasteiger partial charge in [0.25, 0.3) is 0 Å². The molecule has 1 aliphatic rings. The maximum Gasteiger partial charge on any atom is 0.239 e. The molecular weight excluding hydrogens is 250 g/mol. The molecule has 0 aliphatic carbocycles. The molecule has 1 aliphatic heterocycles. The van der Waals surface area contributed by atoms with Crippen LogP contribution >= 0.6 is 0 Å². The van der Waals surface area contributed by atoms with Crippen LogP contribution in [0.2, 0.25) is 0 Å². The van der Waals surface area contributed by atoms with Crippen molar-refractivity contribution >= 4 is 11.6 Å². The highest BCUT2D eigenvalue weighted by molar-refractivity contribution is 5.83. The van der Waals surface area contributed by atoms with Crippen LogP contribution in [0.15, 0.2) is 30.3 Å². The minimum absolute atomic E-state index is 0.0480. The van der Waals surface area contributed by atoms with Gasteiger partial charge in [-0.1, -0.05) is 25.1 Å². The Balaban J connectivity index is 1.73. The van der Waals surface area contributed by atoms with E-state index < -0.39 is 0 Å². The maximum atomic E-state index is 12.1. The molecule has 0 spiro atoms. The Bertz CT molecular complexity index is 421. The summed E-state index contributed by atoms with van der Waals surface area (Å²) in [6.45, 7) is 5.63. The fourth-order valence-electron chi connectivity index (χ4n) is 2.71. The molecule has 2 rings (SSSR count). The van der Waals surface area contributed by atoms with E-state index in [0.717, 1.165) is 39.0 Å². The fourth-order valence-corrected chi connectivity index (χ4v) is 2.71. The lowest BCUT2D eigenvalue weighted by Gasteiger charge is -2.22. The van der Waals surface area contributed by atoms with Gasteiger partial charge in [0.15, 0.2) is 0 Å². The zero-order valence-corrected chi connectivity index (χ0v) is 12.5. The van der Waals surface area contributed by atoms with Gasteiger partial charge in [0.05, 0.1) is 6.04 Å². The predicted molar refractivity (Wildman–Crippen MR) is 83.0 cm³/mol. The summed E-state index contributed by atoms with van der Waals surface area (Å²) in [6, 6.07) is 10.4. The van der Waals surface area contributed by atoms with Crippen LogP contribution in [0.25, 0.3) is 0 Å². The number of amides is 1. The van der Waals surface area contributed by atoms with Gasteiger partial charge < -0.3 is 15.1 Å². The van der Waals surface area contributed by atoms with E-state index in [2.05, 4.69) is 41.5 Å². The summed E-state index contributed by atoms with van der Waals surface area (Å²) < 4.78 is 0. The Morgan fingerprint density at radius 1 is 1.35 bits per heavy atom. The fraction of sp³-hybridized carbons (Fsp3) is 0.562. The van der Waals surface area contributed by atoms with E-state index >= 15 is 0 Å².